The van der Waals surface area contributed by atoms with Crippen LogP contribution in [0.4, 0.5) is 8.63 Å². The van der Waals surface area contributed by atoms with Crippen LogP contribution < -0.4 is 10.5 Å². The Morgan fingerprint density at radius 3 is 2.70 bits per heavy atom. The molecule has 0 aliphatic carbocycles. The number of hydrogen-bond donors (Lipinski definition) is 1. The predicted octanol–water partition coefficient (Wildman–Crippen LogP) is 4.74. The van der Waals surface area contributed by atoms with Crippen molar-refractivity contribution in [3.8, 4) is 5.75 Å². The second-order valence-electron chi connectivity index (χ2n) is 6.95. The average molecular weight is 431 g/mol. The van der Waals surface area contributed by atoms with Gasteiger partial charge < -0.3 is 14.9 Å². The lowest BCUT2D eigenvalue weighted by Gasteiger charge is -2.12. The zero-order chi connectivity index (χ0) is 21.8. The zero-order valence-electron chi connectivity index (χ0n) is 17.2. The maximum absolute atomic E-state index is 13.5. The summed E-state index contributed by atoms with van der Waals surface area (Å²) in [5, 5.41) is 0.535. The number of likely N-dealkylation sites (N-methyl/N-ethyl adjacent to an activating group) is 1. The van der Waals surface area contributed by atoms with Crippen LogP contribution in [0, 0.1) is 0 Å². The number of ether oxygens (including phenoxy) is 1. The second kappa shape index (κ2) is 9.45. The molecule has 0 saturated carbocycles. The Bertz CT molecular complexity index is 1070. The highest BCUT2D eigenvalue weighted by Gasteiger charge is 2.30. The quantitative estimate of drug-likeness (QED) is 0.509. The number of hydrogen-bond acceptors (Lipinski definition) is 2. The van der Waals surface area contributed by atoms with Gasteiger partial charge in [-0.2, -0.15) is 4.58 Å². The molecule has 156 valence electrons. The van der Waals surface area contributed by atoms with Gasteiger partial charge >= 0.3 is 7.40 Å². The molecule has 0 saturated heterocycles. The molecule has 0 radical (unpaired) electrons. The molecular weight excluding hydrogens is 407 g/mol. The number of nitrogens with zero attached hydrogens (tertiary/aromatic N) is 2. The first kappa shape index (κ1) is 22.1. The van der Waals surface area contributed by atoms with Crippen molar-refractivity contribution in [2.24, 2.45) is 5.73 Å². The number of benzene rings is 1. The van der Waals surface area contributed by atoms with Crippen molar-refractivity contribution in [1.82, 2.24) is 4.48 Å². The fourth-order valence-electron chi connectivity index (χ4n) is 3.70. The van der Waals surface area contributed by atoms with E-state index in [1.54, 1.807) is 25.3 Å². The molecule has 3 rings (SSSR count). The van der Waals surface area contributed by atoms with E-state index in [9.17, 15) is 8.63 Å². The van der Waals surface area contributed by atoms with Crippen LogP contribution in [-0.4, -0.2) is 42.9 Å². The molecule has 2 aromatic rings. The van der Waals surface area contributed by atoms with E-state index in [1.807, 2.05) is 48.9 Å². The number of nitrogens with two attached hydrogens (primary N) is 1. The van der Waals surface area contributed by atoms with Crippen molar-refractivity contribution >= 4 is 36.4 Å². The Hall–Kier alpha value is -2.64. The Labute approximate surface area is 180 Å². The van der Waals surface area contributed by atoms with Gasteiger partial charge in [-0.05, 0) is 55.9 Å². The molecule has 0 atom stereocenters. The molecule has 4 nitrogen and oxygen atoms in total. The van der Waals surface area contributed by atoms with Gasteiger partial charge in [0.15, 0.2) is 0 Å². The molecule has 0 bridgehead atoms. The summed E-state index contributed by atoms with van der Waals surface area (Å²) >= 11 is 6.38. The van der Waals surface area contributed by atoms with Crippen LogP contribution in [0.2, 0.25) is 5.02 Å². The highest BCUT2D eigenvalue weighted by Crippen LogP contribution is 2.32. The van der Waals surface area contributed by atoms with Crippen molar-refractivity contribution < 1.29 is 17.9 Å². The summed E-state index contributed by atoms with van der Waals surface area (Å²) < 4.78 is 35.2. The van der Waals surface area contributed by atoms with Gasteiger partial charge in [-0.15, -0.1) is 0 Å². The molecule has 2 heterocycles. The number of rotatable bonds is 7. The second-order valence-corrected chi connectivity index (χ2v) is 7.33. The summed E-state index contributed by atoms with van der Waals surface area (Å²) in [7, 11) is 0.880. The molecule has 0 amide bonds. The van der Waals surface area contributed by atoms with E-state index >= 15 is 0 Å². The first-order valence-electron chi connectivity index (χ1n) is 9.57. The van der Waals surface area contributed by atoms with Gasteiger partial charge in [0.05, 0.1) is 12.1 Å². The monoisotopic (exact) mass is 430 g/mol. The third-order valence-electron chi connectivity index (χ3n) is 5.09. The lowest BCUT2D eigenvalue weighted by Crippen LogP contribution is -2.18. The van der Waals surface area contributed by atoms with Crippen LogP contribution in [0.25, 0.3) is 11.6 Å². The number of halogens is 3. The minimum atomic E-state index is -2.61. The van der Waals surface area contributed by atoms with Crippen molar-refractivity contribution in [3.05, 3.63) is 76.2 Å². The smallest absolute Gasteiger partial charge is 0.495 e. The van der Waals surface area contributed by atoms with Crippen molar-refractivity contribution in [3.63, 3.8) is 0 Å². The Balaban J connectivity index is 2.07. The average Bonchev–Trinajstić information content (AvgIpc) is 3.31. The van der Waals surface area contributed by atoms with Crippen LogP contribution in [-0.2, 0) is 0 Å². The summed E-state index contributed by atoms with van der Waals surface area (Å²) in [5.41, 5.74) is 10.7. The van der Waals surface area contributed by atoms with Crippen LogP contribution in [0.5, 0.6) is 5.75 Å². The largest absolute Gasteiger partial charge is 0.677 e. The lowest BCUT2D eigenvalue weighted by molar-refractivity contribution is -0.433. The number of methoxy groups -OCH3 is 1. The van der Waals surface area contributed by atoms with E-state index in [0.717, 1.165) is 32.6 Å². The van der Waals surface area contributed by atoms with Gasteiger partial charge in [0, 0.05) is 29.0 Å². The van der Waals surface area contributed by atoms with Crippen molar-refractivity contribution in [2.75, 3.05) is 20.7 Å². The molecule has 1 aromatic carbocycles. The third-order valence-corrected chi connectivity index (χ3v) is 5.49. The van der Waals surface area contributed by atoms with Gasteiger partial charge in [0.25, 0.3) is 0 Å². The normalized spacial score (nSPS) is 15.8. The van der Waals surface area contributed by atoms with Crippen LogP contribution in [0.1, 0.15) is 24.6 Å². The van der Waals surface area contributed by atoms with Gasteiger partial charge in [-0.3, -0.25) is 8.63 Å². The maximum Gasteiger partial charge on any atom is 0.677 e. The summed E-state index contributed by atoms with van der Waals surface area (Å²) in [6, 6.07) is 8.91. The van der Waals surface area contributed by atoms with Crippen LogP contribution >= 0.6 is 11.6 Å². The Morgan fingerprint density at radius 2 is 2.03 bits per heavy atom. The van der Waals surface area contributed by atoms with Gasteiger partial charge in [-0.1, -0.05) is 23.7 Å². The minimum Gasteiger partial charge on any atom is -0.495 e. The van der Waals surface area contributed by atoms with Gasteiger partial charge in [-0.25, -0.2) is 0 Å². The molecule has 2 N–H and O–H groups in total. The molecule has 1 aliphatic heterocycles. The van der Waals surface area contributed by atoms with Gasteiger partial charge in [0.2, 0.25) is 11.4 Å². The summed E-state index contributed by atoms with van der Waals surface area (Å²) in [6.07, 6.45) is 7.75. The Kier molecular flexibility index (Phi) is 6.95. The highest BCUT2D eigenvalue weighted by molar-refractivity contribution is 6.41. The molecule has 1 aliphatic rings. The maximum atomic E-state index is 13.5. The molecule has 0 fully saturated rings. The standard InChI is InChI=1S/C22H24BClF2N3O/c1-15-14-17(10-9-16-6-4-8-20(30-3)21(16)24)28(2)22(15)18(11-12-27)19-7-5-13-29(19)23(25)26/h4-10,13-14H,11-12,27H2,1-3H3/q+1/b10-9+. The summed E-state index contributed by atoms with van der Waals surface area (Å²) in [4.78, 5) is 0. The van der Waals surface area contributed by atoms with E-state index in [0.29, 0.717) is 29.4 Å². The topological polar surface area (TPSA) is 43.2 Å². The van der Waals surface area contributed by atoms with E-state index in [2.05, 4.69) is 0 Å². The lowest BCUT2D eigenvalue weighted by atomic mass is 10.0. The molecular formula is C22H24BClF2N3O+. The summed E-state index contributed by atoms with van der Waals surface area (Å²) in [5.74, 6) is 0.605. The number of allylic oxidation sites excluding steroid dienone is 3. The fraction of sp³-hybridized carbons (Fsp3) is 0.227. The molecule has 8 heteroatoms. The third kappa shape index (κ3) is 4.27. The van der Waals surface area contributed by atoms with E-state index in [1.165, 1.54) is 6.20 Å². The van der Waals surface area contributed by atoms with E-state index in [4.69, 9.17) is 22.1 Å². The molecule has 0 unspecified atom stereocenters. The number of aromatic nitrogens is 1. The van der Waals surface area contributed by atoms with E-state index < -0.39 is 7.40 Å². The highest BCUT2D eigenvalue weighted by atomic mass is 35.5. The van der Waals surface area contributed by atoms with Gasteiger partial charge in [0.1, 0.15) is 12.8 Å². The van der Waals surface area contributed by atoms with Crippen LogP contribution in [0.15, 0.2) is 60.0 Å². The van der Waals surface area contributed by atoms with E-state index in [-0.39, 0.29) is 0 Å². The summed E-state index contributed by atoms with van der Waals surface area (Å²) in [6.45, 7) is 2.33. The SMILES string of the molecule is COc1cccc(/C=C/C2=[N+](C)C(=C(/CCN)c3cccn3B(F)F)/C(C)=C2)c1Cl. The molecule has 1 aromatic heterocycles. The predicted molar refractivity (Wildman–Crippen MR) is 120 cm³/mol. The fourth-order valence-corrected chi connectivity index (χ4v) is 3.97. The minimum absolute atomic E-state index is 0.360. The van der Waals surface area contributed by atoms with Crippen molar-refractivity contribution in [2.45, 2.75) is 13.3 Å². The first-order valence-corrected chi connectivity index (χ1v) is 9.95. The van der Waals surface area contributed by atoms with Crippen LogP contribution in [0.3, 0.4) is 0 Å². The first-order chi connectivity index (χ1) is 14.4. The zero-order valence-corrected chi connectivity index (χ0v) is 18.0. The van der Waals surface area contributed by atoms with Crippen molar-refractivity contribution in [1.29, 1.82) is 0 Å². The molecule has 30 heavy (non-hydrogen) atoms. The Morgan fingerprint density at radius 1 is 1.27 bits per heavy atom. The molecule has 0 spiro atoms.